The summed E-state index contributed by atoms with van der Waals surface area (Å²) in [7, 11) is 1.53. The third-order valence-corrected chi connectivity index (χ3v) is 5.69. The predicted octanol–water partition coefficient (Wildman–Crippen LogP) is 4.40. The summed E-state index contributed by atoms with van der Waals surface area (Å²) in [6.07, 6.45) is -2.15. The van der Waals surface area contributed by atoms with Crippen molar-refractivity contribution in [1.82, 2.24) is 15.5 Å². The highest BCUT2D eigenvalue weighted by Crippen LogP contribution is 2.35. The summed E-state index contributed by atoms with van der Waals surface area (Å²) in [4.78, 5) is 17.9. The van der Waals surface area contributed by atoms with Crippen LogP contribution in [-0.4, -0.2) is 67.7 Å². The second-order valence-electron chi connectivity index (χ2n) is 8.43. The lowest BCUT2D eigenvalue weighted by molar-refractivity contribution is -0.145. The molecule has 2 atom stereocenters. The Morgan fingerprint density at radius 3 is 2.47 bits per heavy atom. The summed E-state index contributed by atoms with van der Waals surface area (Å²) in [5.74, 6) is -5.32. The number of nitrogens with one attached hydrogen (secondary N) is 3. The Bertz CT molecular complexity index is 1020. The van der Waals surface area contributed by atoms with Gasteiger partial charge in [-0.3, -0.25) is 20.5 Å². The van der Waals surface area contributed by atoms with Crippen LogP contribution >= 0.6 is 0 Å². The summed E-state index contributed by atoms with van der Waals surface area (Å²) >= 11 is 0. The van der Waals surface area contributed by atoms with Crippen molar-refractivity contribution in [3.05, 3.63) is 53.5 Å². The highest BCUT2D eigenvalue weighted by Gasteiger charge is 2.46. The van der Waals surface area contributed by atoms with Crippen molar-refractivity contribution >= 4 is 23.4 Å². The lowest BCUT2D eigenvalue weighted by Crippen LogP contribution is -2.59. The van der Waals surface area contributed by atoms with E-state index in [9.17, 15) is 31.1 Å². The molecule has 2 rings (SSSR count). The van der Waals surface area contributed by atoms with Gasteiger partial charge in [0.15, 0.2) is 0 Å². The zero-order chi connectivity index (χ0) is 27.1. The maximum atomic E-state index is 14.4. The van der Waals surface area contributed by atoms with Crippen LogP contribution < -0.4 is 10.6 Å². The SMILES string of the molecule is C/C=C(\C=N/CNCC1C(C)CC(F)(F)CN1C(=O)C(=N)/C(=C\NC)c1ccc(F)cc1)C(F)(F)F. The molecule has 6 nitrogen and oxygen atoms in total. The standard InChI is InChI=1S/C24H29F6N5O/c1-4-17(24(28,29)30)10-33-14-34-12-20-15(2)9-23(26,27)13-35(20)22(36)21(31)19(11-32-3)16-5-7-18(25)8-6-16/h4-8,10-11,15,20,31-32,34H,9,12-14H2,1-3H3/b17-4+,19-11-,31-21?,33-10-. The van der Waals surface area contributed by atoms with E-state index in [1.807, 2.05) is 0 Å². The molecule has 1 fully saturated rings. The number of aliphatic imine (C=N–C) groups is 1. The Balaban J connectivity index is 2.21. The van der Waals surface area contributed by atoms with Gasteiger partial charge >= 0.3 is 6.18 Å². The number of piperidine rings is 1. The molecule has 0 saturated carbocycles. The lowest BCUT2D eigenvalue weighted by Gasteiger charge is -2.43. The van der Waals surface area contributed by atoms with Gasteiger partial charge in [-0.05, 0) is 30.5 Å². The third-order valence-electron chi connectivity index (χ3n) is 5.69. The van der Waals surface area contributed by atoms with Gasteiger partial charge in [0.2, 0.25) is 0 Å². The highest BCUT2D eigenvalue weighted by molar-refractivity contribution is 6.54. The van der Waals surface area contributed by atoms with Crippen LogP contribution in [0.3, 0.4) is 0 Å². The minimum absolute atomic E-state index is 0.0214. The van der Waals surface area contributed by atoms with Crippen LogP contribution in [0.1, 0.15) is 25.8 Å². The molecule has 0 radical (unpaired) electrons. The topological polar surface area (TPSA) is 80.6 Å². The van der Waals surface area contributed by atoms with Gasteiger partial charge in [-0.25, -0.2) is 13.2 Å². The van der Waals surface area contributed by atoms with Crippen LogP contribution in [0, 0.1) is 17.1 Å². The fraction of sp³-hybridized carbons (Fsp3) is 0.458. The minimum atomic E-state index is -4.55. The fourth-order valence-electron chi connectivity index (χ4n) is 3.94. The minimum Gasteiger partial charge on any atom is -0.393 e. The lowest BCUT2D eigenvalue weighted by atomic mass is 9.87. The number of carbonyl (C=O) groups is 1. The largest absolute Gasteiger partial charge is 0.417 e. The van der Waals surface area contributed by atoms with Crippen molar-refractivity contribution in [3.8, 4) is 0 Å². The van der Waals surface area contributed by atoms with Gasteiger partial charge in [0.1, 0.15) is 11.5 Å². The van der Waals surface area contributed by atoms with E-state index in [2.05, 4.69) is 15.6 Å². The van der Waals surface area contributed by atoms with Gasteiger partial charge in [-0.15, -0.1) is 0 Å². The van der Waals surface area contributed by atoms with Crippen LogP contribution in [0.4, 0.5) is 26.3 Å². The zero-order valence-corrected chi connectivity index (χ0v) is 20.1. The zero-order valence-electron chi connectivity index (χ0n) is 20.1. The van der Waals surface area contributed by atoms with E-state index < -0.39 is 60.0 Å². The van der Waals surface area contributed by atoms with E-state index in [1.165, 1.54) is 32.3 Å². The quantitative estimate of drug-likeness (QED) is 0.258. The van der Waals surface area contributed by atoms with Crippen LogP contribution in [0.25, 0.3) is 5.57 Å². The van der Waals surface area contributed by atoms with Crippen LogP contribution in [-0.2, 0) is 4.79 Å². The van der Waals surface area contributed by atoms with Crippen molar-refractivity contribution in [2.75, 3.05) is 26.8 Å². The molecule has 0 spiro atoms. The number of alkyl halides is 5. The van der Waals surface area contributed by atoms with E-state index >= 15 is 0 Å². The molecule has 1 heterocycles. The van der Waals surface area contributed by atoms with Gasteiger partial charge in [0.05, 0.1) is 18.8 Å². The molecule has 0 aromatic heterocycles. The molecular weight excluding hydrogens is 488 g/mol. The Kier molecular flexibility index (Phi) is 9.85. The molecule has 1 saturated heterocycles. The Morgan fingerprint density at radius 1 is 1.28 bits per heavy atom. The van der Waals surface area contributed by atoms with Gasteiger partial charge in [0.25, 0.3) is 11.8 Å². The first-order valence-corrected chi connectivity index (χ1v) is 11.2. The summed E-state index contributed by atoms with van der Waals surface area (Å²) in [5, 5.41) is 13.9. The number of halogens is 6. The number of rotatable bonds is 9. The van der Waals surface area contributed by atoms with Gasteiger partial charge in [-0.1, -0.05) is 25.1 Å². The van der Waals surface area contributed by atoms with Gasteiger partial charge < -0.3 is 10.2 Å². The smallest absolute Gasteiger partial charge is 0.393 e. The maximum absolute atomic E-state index is 14.4. The van der Waals surface area contributed by atoms with Crippen molar-refractivity contribution in [2.24, 2.45) is 10.9 Å². The number of carbonyl (C=O) groups excluding carboxylic acids is 1. The number of nitrogens with zero attached hydrogens (tertiary/aromatic N) is 2. The first-order valence-electron chi connectivity index (χ1n) is 11.2. The van der Waals surface area contributed by atoms with Gasteiger partial charge in [0, 0.05) is 44.0 Å². The molecule has 1 aromatic rings. The molecule has 3 N–H and O–H groups in total. The molecule has 2 unspecified atom stereocenters. The summed E-state index contributed by atoms with van der Waals surface area (Å²) < 4.78 is 80.5. The van der Waals surface area contributed by atoms with E-state index in [1.54, 1.807) is 6.92 Å². The molecule has 12 heteroatoms. The van der Waals surface area contributed by atoms with E-state index in [4.69, 9.17) is 5.41 Å². The van der Waals surface area contributed by atoms with Crippen molar-refractivity contribution in [3.63, 3.8) is 0 Å². The first-order chi connectivity index (χ1) is 16.8. The number of allylic oxidation sites excluding steroid dienone is 2. The van der Waals surface area contributed by atoms with E-state index in [0.29, 0.717) is 11.8 Å². The molecule has 1 amide bonds. The summed E-state index contributed by atoms with van der Waals surface area (Å²) in [5.41, 5.74) is -1.06. The second kappa shape index (κ2) is 12.2. The molecule has 1 aliphatic heterocycles. The normalized spacial score (nSPS) is 21.1. The number of hydrogen-bond donors (Lipinski definition) is 3. The number of amides is 1. The molecule has 0 aliphatic carbocycles. The summed E-state index contributed by atoms with van der Waals surface area (Å²) in [6.45, 7) is 1.60. The fourth-order valence-corrected chi connectivity index (χ4v) is 3.94. The monoisotopic (exact) mass is 517 g/mol. The van der Waals surface area contributed by atoms with Crippen LogP contribution in [0.2, 0.25) is 0 Å². The maximum Gasteiger partial charge on any atom is 0.417 e. The molecule has 1 aromatic carbocycles. The molecule has 198 valence electrons. The van der Waals surface area contributed by atoms with Crippen molar-refractivity contribution < 1.29 is 31.1 Å². The third kappa shape index (κ3) is 7.67. The average molecular weight is 518 g/mol. The number of benzene rings is 1. The van der Waals surface area contributed by atoms with E-state index in [-0.39, 0.29) is 18.8 Å². The average Bonchev–Trinajstić information content (AvgIpc) is 2.79. The predicted molar refractivity (Wildman–Crippen MR) is 127 cm³/mol. The molecule has 1 aliphatic rings. The second-order valence-corrected chi connectivity index (χ2v) is 8.43. The molecule has 0 bridgehead atoms. The Morgan fingerprint density at radius 2 is 1.92 bits per heavy atom. The van der Waals surface area contributed by atoms with E-state index in [0.717, 1.165) is 23.1 Å². The van der Waals surface area contributed by atoms with Crippen molar-refractivity contribution in [2.45, 2.75) is 38.4 Å². The first kappa shape index (κ1) is 29.1. The molecular formula is C24H29F6N5O. The highest BCUT2D eigenvalue weighted by atomic mass is 19.4. The van der Waals surface area contributed by atoms with Crippen LogP contribution in [0.5, 0.6) is 0 Å². The Labute approximate surface area is 205 Å². The Hall–Kier alpha value is -3.15. The number of hydrogen-bond acceptors (Lipinski definition) is 5. The van der Waals surface area contributed by atoms with Gasteiger partial charge in [-0.2, -0.15) is 13.2 Å². The number of likely N-dealkylation sites (tertiary alicyclic amines) is 1. The molecule has 36 heavy (non-hydrogen) atoms. The van der Waals surface area contributed by atoms with Crippen molar-refractivity contribution in [1.29, 1.82) is 5.41 Å². The van der Waals surface area contributed by atoms with Crippen LogP contribution in [0.15, 0.2) is 47.1 Å². The summed E-state index contributed by atoms with van der Waals surface area (Å²) in [6, 6.07) is 4.27.